The highest BCUT2D eigenvalue weighted by molar-refractivity contribution is 5.25. The molecule has 2 heteroatoms. The fourth-order valence-electron chi connectivity index (χ4n) is 1.95. The SMILES string of the molecule is CCc1ccc(C(O)C(C)NC2CC2)cc1. The molecule has 2 N–H and O–H groups in total. The van der Waals surface area contributed by atoms with E-state index < -0.39 is 6.10 Å². The molecule has 1 saturated carbocycles. The van der Waals surface area contributed by atoms with E-state index in [9.17, 15) is 5.11 Å². The van der Waals surface area contributed by atoms with Gasteiger partial charge in [0.2, 0.25) is 0 Å². The predicted octanol–water partition coefficient (Wildman–Crippen LogP) is 2.42. The van der Waals surface area contributed by atoms with Gasteiger partial charge in [-0.2, -0.15) is 0 Å². The minimum atomic E-state index is -0.397. The van der Waals surface area contributed by atoms with Crippen molar-refractivity contribution in [2.75, 3.05) is 0 Å². The Morgan fingerprint density at radius 3 is 2.44 bits per heavy atom. The summed E-state index contributed by atoms with van der Waals surface area (Å²) in [5, 5.41) is 13.6. The Kier molecular flexibility index (Phi) is 3.62. The molecule has 0 amide bonds. The van der Waals surface area contributed by atoms with E-state index in [0.29, 0.717) is 6.04 Å². The lowest BCUT2D eigenvalue weighted by molar-refractivity contribution is 0.135. The topological polar surface area (TPSA) is 32.3 Å². The molecule has 0 aromatic heterocycles. The standard InChI is InChI=1S/C14H21NO/c1-3-11-4-6-12(7-5-11)14(16)10(2)15-13-8-9-13/h4-7,10,13-16H,3,8-9H2,1-2H3. The molecule has 1 aromatic rings. The van der Waals surface area contributed by atoms with E-state index in [1.54, 1.807) is 0 Å². The van der Waals surface area contributed by atoms with E-state index in [-0.39, 0.29) is 6.04 Å². The van der Waals surface area contributed by atoms with Gasteiger partial charge in [0.05, 0.1) is 6.10 Å². The third-order valence-electron chi connectivity index (χ3n) is 3.28. The van der Waals surface area contributed by atoms with Gasteiger partial charge in [0.15, 0.2) is 0 Å². The predicted molar refractivity (Wildman–Crippen MR) is 66.4 cm³/mol. The molecule has 1 aliphatic carbocycles. The maximum absolute atomic E-state index is 10.2. The molecule has 0 aliphatic heterocycles. The normalized spacial score (nSPS) is 19.4. The summed E-state index contributed by atoms with van der Waals surface area (Å²) in [4.78, 5) is 0. The summed E-state index contributed by atoms with van der Waals surface area (Å²) >= 11 is 0. The fraction of sp³-hybridized carbons (Fsp3) is 0.571. The molecule has 2 nitrogen and oxygen atoms in total. The maximum Gasteiger partial charge on any atom is 0.0940 e. The molecular weight excluding hydrogens is 198 g/mol. The van der Waals surface area contributed by atoms with E-state index in [0.717, 1.165) is 12.0 Å². The first-order valence-corrected chi connectivity index (χ1v) is 6.23. The molecule has 1 aromatic carbocycles. The summed E-state index contributed by atoms with van der Waals surface area (Å²) in [7, 11) is 0. The van der Waals surface area contributed by atoms with E-state index in [1.807, 2.05) is 12.1 Å². The van der Waals surface area contributed by atoms with Gasteiger partial charge >= 0.3 is 0 Å². The van der Waals surface area contributed by atoms with Gasteiger partial charge in [0.25, 0.3) is 0 Å². The van der Waals surface area contributed by atoms with Crippen LogP contribution in [0.15, 0.2) is 24.3 Å². The largest absolute Gasteiger partial charge is 0.387 e. The highest BCUT2D eigenvalue weighted by Crippen LogP contribution is 2.24. The lowest BCUT2D eigenvalue weighted by Crippen LogP contribution is -2.33. The zero-order chi connectivity index (χ0) is 11.5. The van der Waals surface area contributed by atoms with Gasteiger partial charge < -0.3 is 10.4 Å². The Balaban J connectivity index is 1.97. The van der Waals surface area contributed by atoms with E-state index in [4.69, 9.17) is 0 Å². The van der Waals surface area contributed by atoms with Crippen LogP contribution >= 0.6 is 0 Å². The van der Waals surface area contributed by atoms with E-state index in [2.05, 4.69) is 31.3 Å². The fourth-order valence-corrected chi connectivity index (χ4v) is 1.95. The van der Waals surface area contributed by atoms with Crippen LogP contribution < -0.4 is 5.32 Å². The summed E-state index contributed by atoms with van der Waals surface area (Å²) in [5.74, 6) is 0. The first-order chi connectivity index (χ1) is 7.70. The number of hydrogen-bond acceptors (Lipinski definition) is 2. The van der Waals surface area contributed by atoms with Crippen LogP contribution in [0.25, 0.3) is 0 Å². The van der Waals surface area contributed by atoms with Gasteiger partial charge in [-0.1, -0.05) is 31.2 Å². The molecule has 16 heavy (non-hydrogen) atoms. The third kappa shape index (κ3) is 2.83. The molecule has 2 atom stereocenters. The molecule has 2 unspecified atom stereocenters. The van der Waals surface area contributed by atoms with Crippen molar-refractivity contribution >= 4 is 0 Å². The maximum atomic E-state index is 10.2. The van der Waals surface area contributed by atoms with Gasteiger partial charge in [-0.05, 0) is 37.3 Å². The number of hydrogen-bond donors (Lipinski definition) is 2. The number of aliphatic hydroxyl groups excluding tert-OH is 1. The van der Waals surface area contributed by atoms with Crippen LogP contribution in [0.4, 0.5) is 0 Å². The molecule has 0 bridgehead atoms. The van der Waals surface area contributed by atoms with Crippen LogP contribution in [-0.4, -0.2) is 17.2 Å². The average molecular weight is 219 g/mol. The number of rotatable bonds is 5. The number of aryl methyl sites for hydroxylation is 1. The Morgan fingerprint density at radius 1 is 1.31 bits per heavy atom. The summed E-state index contributed by atoms with van der Waals surface area (Å²) in [6.45, 7) is 4.19. The Bertz CT molecular complexity index is 329. The van der Waals surface area contributed by atoms with Crippen LogP contribution in [0.2, 0.25) is 0 Å². The monoisotopic (exact) mass is 219 g/mol. The average Bonchev–Trinajstić information content (AvgIpc) is 3.12. The van der Waals surface area contributed by atoms with Gasteiger partial charge in [0.1, 0.15) is 0 Å². The van der Waals surface area contributed by atoms with Crippen molar-refractivity contribution in [3.05, 3.63) is 35.4 Å². The Labute approximate surface area is 97.7 Å². The highest BCUT2D eigenvalue weighted by Gasteiger charge is 2.26. The second-order valence-electron chi connectivity index (χ2n) is 4.77. The number of nitrogens with one attached hydrogen (secondary N) is 1. The van der Waals surface area contributed by atoms with Crippen LogP contribution in [-0.2, 0) is 6.42 Å². The molecule has 88 valence electrons. The lowest BCUT2D eigenvalue weighted by atomic mass is 10.0. The Morgan fingerprint density at radius 2 is 1.94 bits per heavy atom. The molecule has 0 radical (unpaired) electrons. The van der Waals surface area contributed by atoms with Crippen LogP contribution in [0.5, 0.6) is 0 Å². The van der Waals surface area contributed by atoms with Crippen molar-refractivity contribution in [2.45, 2.75) is 51.3 Å². The van der Waals surface area contributed by atoms with Crippen molar-refractivity contribution in [3.8, 4) is 0 Å². The van der Waals surface area contributed by atoms with E-state index >= 15 is 0 Å². The summed E-state index contributed by atoms with van der Waals surface area (Å²) in [6, 6.07) is 9.05. The molecular formula is C14H21NO. The van der Waals surface area contributed by atoms with Crippen LogP contribution in [0.1, 0.15) is 43.9 Å². The van der Waals surface area contributed by atoms with Crippen LogP contribution in [0.3, 0.4) is 0 Å². The molecule has 0 saturated heterocycles. The molecule has 1 aliphatic rings. The first kappa shape index (κ1) is 11.6. The van der Waals surface area contributed by atoms with Gasteiger partial charge in [0, 0.05) is 12.1 Å². The molecule has 0 heterocycles. The van der Waals surface area contributed by atoms with E-state index in [1.165, 1.54) is 18.4 Å². The van der Waals surface area contributed by atoms with Crippen molar-refractivity contribution in [2.24, 2.45) is 0 Å². The second kappa shape index (κ2) is 4.98. The van der Waals surface area contributed by atoms with Crippen LogP contribution in [0, 0.1) is 0 Å². The summed E-state index contributed by atoms with van der Waals surface area (Å²) in [6.07, 6.45) is 3.16. The lowest BCUT2D eigenvalue weighted by Gasteiger charge is -2.20. The van der Waals surface area contributed by atoms with Gasteiger partial charge in [-0.15, -0.1) is 0 Å². The highest BCUT2D eigenvalue weighted by atomic mass is 16.3. The van der Waals surface area contributed by atoms with Crippen molar-refractivity contribution in [3.63, 3.8) is 0 Å². The minimum Gasteiger partial charge on any atom is -0.387 e. The summed E-state index contributed by atoms with van der Waals surface area (Å²) < 4.78 is 0. The molecule has 2 rings (SSSR count). The van der Waals surface area contributed by atoms with Crippen molar-refractivity contribution in [1.29, 1.82) is 0 Å². The number of aliphatic hydroxyl groups is 1. The first-order valence-electron chi connectivity index (χ1n) is 6.23. The quantitative estimate of drug-likeness (QED) is 0.797. The summed E-state index contributed by atoms with van der Waals surface area (Å²) in [5.41, 5.74) is 2.33. The van der Waals surface area contributed by atoms with Gasteiger partial charge in [-0.3, -0.25) is 0 Å². The second-order valence-corrected chi connectivity index (χ2v) is 4.77. The molecule has 0 spiro atoms. The Hall–Kier alpha value is -0.860. The minimum absolute atomic E-state index is 0.139. The van der Waals surface area contributed by atoms with Crippen molar-refractivity contribution in [1.82, 2.24) is 5.32 Å². The van der Waals surface area contributed by atoms with Gasteiger partial charge in [-0.25, -0.2) is 0 Å². The molecule has 1 fully saturated rings. The zero-order valence-electron chi connectivity index (χ0n) is 10.1. The van der Waals surface area contributed by atoms with Crippen molar-refractivity contribution < 1.29 is 5.11 Å². The smallest absolute Gasteiger partial charge is 0.0940 e. The zero-order valence-corrected chi connectivity index (χ0v) is 10.1. The third-order valence-corrected chi connectivity index (χ3v) is 3.28. The number of benzene rings is 1.